The van der Waals surface area contributed by atoms with Crippen LogP contribution in [0.5, 0.6) is 5.88 Å². The monoisotopic (exact) mass is 570 g/mol. The number of anilines is 1. The average Bonchev–Trinajstić information content (AvgIpc) is 3.44. The van der Waals surface area contributed by atoms with E-state index in [1.807, 2.05) is 24.6 Å². The molecule has 4 heterocycles. The molecule has 1 aliphatic carbocycles. The van der Waals surface area contributed by atoms with Crippen LogP contribution in [0.4, 0.5) is 19.0 Å². The number of fused-ring (bicyclic) bond motifs is 1. The van der Waals surface area contributed by atoms with Gasteiger partial charge in [0, 0.05) is 42.6 Å². The zero-order valence-electron chi connectivity index (χ0n) is 23.3. The summed E-state index contributed by atoms with van der Waals surface area (Å²) in [6, 6.07) is 6.33. The summed E-state index contributed by atoms with van der Waals surface area (Å²) >= 11 is 0. The number of hydrogen-bond acceptors (Lipinski definition) is 7. The molecule has 41 heavy (non-hydrogen) atoms. The lowest BCUT2D eigenvalue weighted by atomic mass is 9.75. The Hall–Kier alpha value is -3.51. The fourth-order valence-electron chi connectivity index (χ4n) is 5.85. The van der Waals surface area contributed by atoms with Gasteiger partial charge in [-0.15, -0.1) is 10.2 Å². The third-order valence-electron chi connectivity index (χ3n) is 8.61. The first-order valence-corrected chi connectivity index (χ1v) is 13.9. The topological polar surface area (TPSA) is 94.4 Å². The Morgan fingerprint density at radius 3 is 2.54 bits per heavy atom. The van der Waals surface area contributed by atoms with Gasteiger partial charge in [0.15, 0.2) is 0 Å². The molecule has 9 nitrogen and oxygen atoms in total. The molecule has 1 saturated heterocycles. The molecular weight excluding hydrogens is 537 g/mol. The van der Waals surface area contributed by atoms with E-state index in [1.165, 1.54) is 11.0 Å². The van der Waals surface area contributed by atoms with E-state index in [2.05, 4.69) is 27.4 Å². The van der Waals surface area contributed by atoms with Gasteiger partial charge in [0.2, 0.25) is 5.88 Å². The highest BCUT2D eigenvalue weighted by atomic mass is 19.4. The Morgan fingerprint density at radius 1 is 1.17 bits per heavy atom. The Kier molecular flexibility index (Phi) is 6.80. The van der Waals surface area contributed by atoms with Crippen molar-refractivity contribution in [1.29, 1.82) is 0 Å². The van der Waals surface area contributed by atoms with Crippen molar-refractivity contribution in [3.8, 4) is 5.88 Å². The number of rotatable bonds is 9. The standard InChI is InChI=1S/C29H33F3N6O3/c1-4-41-25-11-19(28(15-40-16-28)12-24-36-34-17-37(24)3)10-23(35-25)38-14-21-20(26(38)39)8-18(9-22(21)29(30,31)32)13-33-27(2)6-5-7-27/h8-11,17,33H,4-7,12-16H2,1-3H3. The van der Waals surface area contributed by atoms with E-state index in [1.54, 1.807) is 18.5 Å². The molecule has 2 aliphatic heterocycles. The summed E-state index contributed by atoms with van der Waals surface area (Å²) in [6.07, 6.45) is 0.595. The van der Waals surface area contributed by atoms with Gasteiger partial charge in [-0.2, -0.15) is 18.2 Å². The summed E-state index contributed by atoms with van der Waals surface area (Å²) in [5.74, 6) is 0.788. The van der Waals surface area contributed by atoms with Crippen molar-refractivity contribution in [3.05, 3.63) is 64.2 Å². The first kappa shape index (κ1) is 27.6. The summed E-state index contributed by atoms with van der Waals surface area (Å²) in [7, 11) is 1.86. The number of benzene rings is 1. The molecule has 1 aromatic carbocycles. The predicted octanol–water partition coefficient (Wildman–Crippen LogP) is 4.33. The summed E-state index contributed by atoms with van der Waals surface area (Å²) in [5.41, 5.74) is -0.0566. The number of ether oxygens (including phenoxy) is 2. The molecule has 2 fully saturated rings. The molecule has 1 N–H and O–H groups in total. The molecule has 12 heteroatoms. The molecule has 3 aliphatic rings. The van der Waals surface area contributed by atoms with E-state index < -0.39 is 23.1 Å². The van der Waals surface area contributed by atoms with Crippen LogP contribution in [0.2, 0.25) is 0 Å². The average molecular weight is 571 g/mol. The first-order valence-electron chi connectivity index (χ1n) is 13.9. The maximum atomic E-state index is 14.3. The van der Waals surface area contributed by atoms with E-state index in [0.29, 0.717) is 37.7 Å². The van der Waals surface area contributed by atoms with Gasteiger partial charge < -0.3 is 19.4 Å². The highest BCUT2D eigenvalue weighted by Crippen LogP contribution is 2.42. The van der Waals surface area contributed by atoms with Crippen molar-refractivity contribution in [2.45, 2.75) is 69.8 Å². The van der Waals surface area contributed by atoms with Crippen molar-refractivity contribution in [3.63, 3.8) is 0 Å². The number of halogens is 3. The largest absolute Gasteiger partial charge is 0.478 e. The number of amides is 1. The molecule has 2 aromatic heterocycles. The van der Waals surface area contributed by atoms with Crippen molar-refractivity contribution in [2.24, 2.45) is 7.05 Å². The number of pyridine rings is 1. The van der Waals surface area contributed by atoms with E-state index in [0.717, 1.165) is 30.7 Å². The maximum absolute atomic E-state index is 14.3. The highest BCUT2D eigenvalue weighted by molar-refractivity contribution is 6.10. The third-order valence-corrected chi connectivity index (χ3v) is 8.61. The van der Waals surface area contributed by atoms with Gasteiger partial charge in [0.1, 0.15) is 18.0 Å². The fraction of sp³-hybridized carbons (Fsp3) is 0.517. The van der Waals surface area contributed by atoms with E-state index in [9.17, 15) is 18.0 Å². The molecule has 0 atom stereocenters. The van der Waals surface area contributed by atoms with Crippen LogP contribution in [0, 0.1) is 0 Å². The first-order chi connectivity index (χ1) is 19.5. The second-order valence-electron chi connectivity index (χ2n) is 11.6. The summed E-state index contributed by atoms with van der Waals surface area (Å²) in [4.78, 5) is 19.6. The number of carbonyl (C=O) groups is 1. The Bertz CT molecular complexity index is 1480. The predicted molar refractivity (Wildman–Crippen MR) is 144 cm³/mol. The molecule has 1 saturated carbocycles. The Labute approximate surface area is 236 Å². The lowest BCUT2D eigenvalue weighted by Gasteiger charge is -2.42. The van der Waals surface area contributed by atoms with Crippen molar-refractivity contribution < 1.29 is 27.4 Å². The smallest absolute Gasteiger partial charge is 0.416 e. The van der Waals surface area contributed by atoms with E-state index >= 15 is 0 Å². The summed E-state index contributed by atoms with van der Waals surface area (Å²) in [6.45, 7) is 5.08. The summed E-state index contributed by atoms with van der Waals surface area (Å²) in [5, 5.41) is 11.6. The van der Waals surface area contributed by atoms with Gasteiger partial charge in [-0.25, -0.2) is 0 Å². The lowest BCUT2D eigenvalue weighted by Crippen LogP contribution is -2.49. The number of carbonyl (C=O) groups excluding carboxylic acids is 1. The number of aromatic nitrogens is 4. The van der Waals surface area contributed by atoms with Crippen LogP contribution in [0.3, 0.4) is 0 Å². The van der Waals surface area contributed by atoms with Gasteiger partial charge in [0.25, 0.3) is 5.91 Å². The van der Waals surface area contributed by atoms with Crippen molar-refractivity contribution >= 4 is 11.7 Å². The fourth-order valence-corrected chi connectivity index (χ4v) is 5.85. The minimum absolute atomic E-state index is 0.0351. The second-order valence-corrected chi connectivity index (χ2v) is 11.6. The minimum atomic E-state index is -4.61. The van der Waals surface area contributed by atoms with Crippen LogP contribution in [-0.4, -0.2) is 51.0 Å². The molecule has 0 spiro atoms. The van der Waals surface area contributed by atoms with E-state index in [4.69, 9.17) is 9.47 Å². The quantitative estimate of drug-likeness (QED) is 0.409. The van der Waals surface area contributed by atoms with Crippen LogP contribution >= 0.6 is 0 Å². The molecule has 218 valence electrons. The Morgan fingerprint density at radius 2 is 1.95 bits per heavy atom. The number of nitrogens with zero attached hydrogens (tertiary/aromatic N) is 5. The SMILES string of the molecule is CCOc1cc(C2(Cc3nncn3C)COC2)cc(N2Cc3c(cc(CNC4(C)CCC4)cc3C(F)(F)F)C2=O)n1. The van der Waals surface area contributed by atoms with Gasteiger partial charge in [-0.3, -0.25) is 9.69 Å². The van der Waals surface area contributed by atoms with Crippen molar-refractivity contribution in [1.82, 2.24) is 25.1 Å². The number of alkyl halides is 3. The van der Waals surface area contributed by atoms with Crippen LogP contribution < -0.4 is 15.0 Å². The van der Waals surface area contributed by atoms with Crippen LogP contribution in [-0.2, 0) is 42.9 Å². The van der Waals surface area contributed by atoms with Gasteiger partial charge in [0.05, 0.1) is 31.9 Å². The van der Waals surface area contributed by atoms with Crippen molar-refractivity contribution in [2.75, 3.05) is 24.7 Å². The molecule has 1 amide bonds. The number of aryl methyl sites for hydroxylation is 1. The number of nitrogens with one attached hydrogen (secondary N) is 1. The van der Waals surface area contributed by atoms with Crippen LogP contribution in [0.15, 0.2) is 30.6 Å². The minimum Gasteiger partial charge on any atom is -0.478 e. The molecular formula is C29H33F3N6O3. The normalized spacial score (nSPS) is 19.1. The third kappa shape index (κ3) is 5.07. The lowest BCUT2D eigenvalue weighted by molar-refractivity contribution is -0.138. The zero-order chi connectivity index (χ0) is 29.0. The van der Waals surface area contributed by atoms with E-state index in [-0.39, 0.29) is 35.6 Å². The zero-order valence-corrected chi connectivity index (χ0v) is 23.3. The second kappa shape index (κ2) is 10.1. The number of hydrogen-bond donors (Lipinski definition) is 1. The highest BCUT2D eigenvalue weighted by Gasteiger charge is 2.44. The molecule has 0 unspecified atom stereocenters. The molecule has 6 rings (SSSR count). The van der Waals surface area contributed by atoms with Gasteiger partial charge >= 0.3 is 6.18 Å². The Balaban J connectivity index is 1.36. The molecule has 0 radical (unpaired) electrons. The van der Waals surface area contributed by atoms with Crippen LogP contribution in [0.25, 0.3) is 0 Å². The maximum Gasteiger partial charge on any atom is 0.416 e. The van der Waals surface area contributed by atoms with Crippen LogP contribution in [0.1, 0.15) is 71.5 Å². The molecule has 3 aromatic rings. The van der Waals surface area contributed by atoms with Gasteiger partial charge in [-0.1, -0.05) is 0 Å². The molecule has 0 bridgehead atoms. The summed E-state index contributed by atoms with van der Waals surface area (Å²) < 4.78 is 56.0. The van der Waals surface area contributed by atoms with Gasteiger partial charge in [-0.05, 0) is 68.0 Å².